The molecule has 0 saturated heterocycles. The van der Waals surface area contributed by atoms with Gasteiger partial charge in [-0.25, -0.2) is 0 Å². The van der Waals surface area contributed by atoms with E-state index in [2.05, 4.69) is 0 Å². The molecule has 1 fully saturated rings. The lowest BCUT2D eigenvalue weighted by Gasteiger charge is -2.37. The fourth-order valence-electron chi connectivity index (χ4n) is 1.95. The third-order valence-electron chi connectivity index (χ3n) is 3.18. The number of ether oxygens (including phenoxy) is 1. The van der Waals surface area contributed by atoms with Gasteiger partial charge in [-0.1, -0.05) is 0 Å². The molecule has 1 rings (SSSR count). The molecular formula is C11H22N2O2. The molecule has 1 saturated carbocycles. The van der Waals surface area contributed by atoms with Crippen LogP contribution >= 0.6 is 0 Å². The second-order valence-electron chi connectivity index (χ2n) is 5.00. The summed E-state index contributed by atoms with van der Waals surface area (Å²) in [5.41, 5.74) is 4.98. The van der Waals surface area contributed by atoms with E-state index in [1.165, 1.54) is 0 Å². The van der Waals surface area contributed by atoms with E-state index in [-0.39, 0.29) is 5.91 Å². The van der Waals surface area contributed by atoms with Gasteiger partial charge < -0.3 is 15.4 Å². The number of methoxy groups -OCH3 is 1. The van der Waals surface area contributed by atoms with Gasteiger partial charge in [-0.2, -0.15) is 0 Å². The maximum Gasteiger partial charge on any atom is 0.253 e. The summed E-state index contributed by atoms with van der Waals surface area (Å²) in [7, 11) is 3.39. The molecule has 0 aromatic rings. The molecular weight excluding hydrogens is 192 g/mol. The molecule has 1 aliphatic carbocycles. The Kier molecular flexibility index (Phi) is 3.73. The Labute approximate surface area is 91.8 Å². The van der Waals surface area contributed by atoms with Crippen LogP contribution in [0.1, 0.15) is 26.7 Å². The molecule has 4 nitrogen and oxygen atoms in total. The predicted octanol–water partition coefficient (Wildman–Crippen LogP) is 0.607. The highest BCUT2D eigenvalue weighted by molar-refractivity contribution is 5.84. The van der Waals surface area contributed by atoms with Crippen LogP contribution in [0.2, 0.25) is 0 Å². The second kappa shape index (κ2) is 4.49. The van der Waals surface area contributed by atoms with Crippen LogP contribution in [-0.4, -0.2) is 43.2 Å². The first-order valence-corrected chi connectivity index (χ1v) is 5.43. The lowest BCUT2D eigenvalue weighted by molar-refractivity contribution is -0.150. The van der Waals surface area contributed by atoms with E-state index in [1.54, 1.807) is 25.9 Å². The van der Waals surface area contributed by atoms with Gasteiger partial charge in [0.1, 0.15) is 5.60 Å². The van der Waals surface area contributed by atoms with Crippen molar-refractivity contribution in [3.8, 4) is 0 Å². The van der Waals surface area contributed by atoms with Crippen LogP contribution in [0.25, 0.3) is 0 Å². The number of carbonyl (C=O) groups is 1. The molecule has 0 aliphatic heterocycles. The summed E-state index contributed by atoms with van der Waals surface area (Å²) in [4.78, 5) is 13.7. The highest BCUT2D eigenvalue weighted by Crippen LogP contribution is 2.26. The minimum atomic E-state index is -0.722. The number of nitrogens with zero attached hydrogens (tertiary/aromatic N) is 1. The minimum absolute atomic E-state index is 0.0328. The van der Waals surface area contributed by atoms with E-state index < -0.39 is 5.60 Å². The Morgan fingerprint density at radius 2 is 2.07 bits per heavy atom. The van der Waals surface area contributed by atoms with Gasteiger partial charge in [0.25, 0.3) is 5.91 Å². The fourth-order valence-corrected chi connectivity index (χ4v) is 1.95. The number of carbonyl (C=O) groups excluding carboxylic acids is 1. The van der Waals surface area contributed by atoms with Crippen molar-refractivity contribution in [2.45, 2.75) is 38.3 Å². The van der Waals surface area contributed by atoms with Crippen LogP contribution in [0, 0.1) is 5.92 Å². The van der Waals surface area contributed by atoms with E-state index in [4.69, 9.17) is 10.5 Å². The lowest BCUT2D eigenvalue weighted by Crippen LogP contribution is -2.49. The summed E-state index contributed by atoms with van der Waals surface area (Å²) >= 11 is 0. The van der Waals surface area contributed by atoms with Crippen LogP contribution < -0.4 is 5.73 Å². The predicted molar refractivity (Wildman–Crippen MR) is 59.4 cm³/mol. The molecule has 0 unspecified atom stereocenters. The Morgan fingerprint density at radius 3 is 2.47 bits per heavy atom. The van der Waals surface area contributed by atoms with E-state index >= 15 is 0 Å². The molecule has 0 radical (unpaired) electrons. The van der Waals surface area contributed by atoms with Crippen LogP contribution in [0.15, 0.2) is 0 Å². The monoisotopic (exact) mass is 214 g/mol. The van der Waals surface area contributed by atoms with Crippen LogP contribution in [0.4, 0.5) is 0 Å². The normalized spacial score (nSPS) is 25.9. The number of likely N-dealkylation sites (N-methyl/N-ethyl adjacent to an activating group) is 1. The maximum absolute atomic E-state index is 11.9. The first-order chi connectivity index (χ1) is 6.86. The van der Waals surface area contributed by atoms with Gasteiger partial charge in [-0.3, -0.25) is 4.79 Å². The highest BCUT2D eigenvalue weighted by Gasteiger charge is 2.33. The first-order valence-electron chi connectivity index (χ1n) is 5.43. The van der Waals surface area contributed by atoms with Crippen molar-refractivity contribution in [1.29, 1.82) is 0 Å². The topological polar surface area (TPSA) is 55.6 Å². The third kappa shape index (κ3) is 2.92. The Bertz CT molecular complexity index is 235. The minimum Gasteiger partial charge on any atom is -0.369 e. The summed E-state index contributed by atoms with van der Waals surface area (Å²) < 4.78 is 5.16. The number of hydrogen-bond acceptors (Lipinski definition) is 3. The van der Waals surface area contributed by atoms with Gasteiger partial charge in [0, 0.05) is 26.7 Å². The number of amides is 1. The number of rotatable bonds is 4. The molecule has 88 valence electrons. The number of nitrogens with two attached hydrogens (primary N) is 1. The van der Waals surface area contributed by atoms with Crippen LogP contribution in [0.5, 0.6) is 0 Å². The largest absolute Gasteiger partial charge is 0.369 e. The van der Waals surface area contributed by atoms with Gasteiger partial charge >= 0.3 is 0 Å². The molecule has 1 amide bonds. The van der Waals surface area contributed by atoms with Crippen LogP contribution in [0.3, 0.4) is 0 Å². The average molecular weight is 214 g/mol. The smallest absolute Gasteiger partial charge is 0.253 e. The number of hydrogen-bond donors (Lipinski definition) is 1. The zero-order chi connectivity index (χ0) is 11.6. The molecule has 0 heterocycles. The zero-order valence-electron chi connectivity index (χ0n) is 10.1. The lowest BCUT2D eigenvalue weighted by atomic mass is 9.80. The van der Waals surface area contributed by atoms with E-state index in [1.807, 2.05) is 7.05 Å². The average Bonchev–Trinajstić information content (AvgIpc) is 2.14. The molecule has 0 aromatic heterocycles. The molecule has 0 spiro atoms. The van der Waals surface area contributed by atoms with E-state index in [9.17, 15) is 4.79 Å². The van der Waals surface area contributed by atoms with Crippen molar-refractivity contribution in [2.75, 3.05) is 20.7 Å². The van der Waals surface area contributed by atoms with Crippen molar-refractivity contribution >= 4 is 5.91 Å². The zero-order valence-corrected chi connectivity index (χ0v) is 10.1. The van der Waals surface area contributed by atoms with Gasteiger partial charge in [0.15, 0.2) is 0 Å². The summed E-state index contributed by atoms with van der Waals surface area (Å²) in [6, 6.07) is 0.342. The van der Waals surface area contributed by atoms with Gasteiger partial charge in [-0.15, -0.1) is 0 Å². The summed E-state index contributed by atoms with van der Waals surface area (Å²) in [6.45, 7) is 4.37. The Morgan fingerprint density at radius 1 is 1.53 bits per heavy atom. The van der Waals surface area contributed by atoms with Gasteiger partial charge in [0.2, 0.25) is 0 Å². The SMILES string of the molecule is COC(C)(C)C(=O)N(C)CC1CC(N)C1. The molecule has 15 heavy (non-hydrogen) atoms. The Balaban J connectivity index is 2.40. The summed E-state index contributed by atoms with van der Waals surface area (Å²) in [5, 5.41) is 0. The molecule has 0 aromatic carbocycles. The van der Waals surface area contributed by atoms with Gasteiger partial charge in [-0.05, 0) is 32.6 Å². The standard InChI is InChI=1S/C11H22N2O2/c1-11(2,15-4)10(14)13(3)7-8-5-9(12)6-8/h8-9H,5-7,12H2,1-4H3. The van der Waals surface area contributed by atoms with Crippen molar-refractivity contribution in [3.63, 3.8) is 0 Å². The summed E-state index contributed by atoms with van der Waals surface area (Å²) in [5.74, 6) is 0.604. The van der Waals surface area contributed by atoms with Crippen molar-refractivity contribution in [1.82, 2.24) is 4.90 Å². The Hall–Kier alpha value is -0.610. The molecule has 1 aliphatic rings. The van der Waals surface area contributed by atoms with Crippen molar-refractivity contribution < 1.29 is 9.53 Å². The first kappa shape index (κ1) is 12.5. The van der Waals surface area contributed by atoms with Crippen molar-refractivity contribution in [3.05, 3.63) is 0 Å². The van der Waals surface area contributed by atoms with Crippen LogP contribution in [-0.2, 0) is 9.53 Å². The quantitative estimate of drug-likeness (QED) is 0.746. The van der Waals surface area contributed by atoms with E-state index in [0.29, 0.717) is 12.0 Å². The summed E-state index contributed by atoms with van der Waals surface area (Å²) in [6.07, 6.45) is 2.07. The fraction of sp³-hybridized carbons (Fsp3) is 0.909. The van der Waals surface area contributed by atoms with Crippen molar-refractivity contribution in [2.24, 2.45) is 11.7 Å². The third-order valence-corrected chi connectivity index (χ3v) is 3.18. The maximum atomic E-state index is 11.9. The molecule has 4 heteroatoms. The molecule has 0 bridgehead atoms. The molecule has 0 atom stereocenters. The van der Waals surface area contributed by atoms with E-state index in [0.717, 1.165) is 19.4 Å². The second-order valence-corrected chi connectivity index (χ2v) is 5.00. The van der Waals surface area contributed by atoms with Gasteiger partial charge in [0.05, 0.1) is 0 Å². The molecule has 2 N–H and O–H groups in total. The highest BCUT2D eigenvalue weighted by atomic mass is 16.5.